The van der Waals surface area contributed by atoms with Gasteiger partial charge in [-0.25, -0.2) is 18.2 Å². The van der Waals surface area contributed by atoms with E-state index >= 15 is 0 Å². The first-order valence-electron chi connectivity index (χ1n) is 4.73. The van der Waals surface area contributed by atoms with Gasteiger partial charge in [-0.1, -0.05) is 0 Å². The Hall–Kier alpha value is -1.66. The summed E-state index contributed by atoms with van der Waals surface area (Å²) in [6, 6.07) is 0. The zero-order valence-corrected chi connectivity index (χ0v) is 8.84. The molecule has 0 unspecified atom stereocenters. The average molecular weight is 251 g/mol. The Morgan fingerprint density at radius 3 is 2.65 bits per heavy atom. The minimum atomic E-state index is -3.23. The maximum atomic E-state index is 13.1. The number of pyridine rings is 1. The number of carbonyl (C=O) groups excluding carboxylic acids is 1. The zero-order chi connectivity index (χ0) is 13.0. The van der Waals surface area contributed by atoms with Crippen LogP contribution < -0.4 is 0 Å². The highest BCUT2D eigenvalue weighted by atomic mass is 19.3. The average Bonchev–Trinajstić information content (AvgIpc) is 2.23. The lowest BCUT2D eigenvalue weighted by molar-refractivity contribution is -0.142. The minimum Gasteiger partial charge on any atom is -0.466 e. The molecule has 1 aromatic rings. The van der Waals surface area contributed by atoms with Gasteiger partial charge in [-0.2, -0.15) is 4.39 Å². The molecule has 0 saturated heterocycles. The van der Waals surface area contributed by atoms with E-state index < -0.39 is 36.1 Å². The van der Waals surface area contributed by atoms with Crippen LogP contribution in [0.2, 0.25) is 0 Å². The van der Waals surface area contributed by atoms with Crippen LogP contribution >= 0.6 is 0 Å². The van der Waals surface area contributed by atoms with Crippen LogP contribution in [-0.4, -0.2) is 17.6 Å². The Kier molecular flexibility index (Phi) is 4.42. The molecular weight excluding hydrogens is 242 g/mol. The van der Waals surface area contributed by atoms with Gasteiger partial charge >= 0.3 is 5.97 Å². The Morgan fingerprint density at radius 1 is 1.47 bits per heavy atom. The lowest BCUT2D eigenvalue weighted by Crippen LogP contribution is -2.12. The molecule has 0 saturated carbocycles. The van der Waals surface area contributed by atoms with E-state index in [2.05, 4.69) is 9.72 Å². The fraction of sp³-hybridized carbons (Fsp3) is 0.400. The summed E-state index contributed by atoms with van der Waals surface area (Å²) in [6.07, 6.45) is -3.09. The molecule has 0 aliphatic carbocycles. The molecule has 0 N–H and O–H groups in total. The van der Waals surface area contributed by atoms with Crippen LogP contribution in [0, 0.1) is 11.8 Å². The monoisotopic (exact) mass is 251 g/mol. The number of ether oxygens (including phenoxy) is 1. The Morgan fingerprint density at radius 2 is 2.12 bits per heavy atom. The summed E-state index contributed by atoms with van der Waals surface area (Å²) in [5.41, 5.74) is -1.53. The second-order valence-corrected chi connectivity index (χ2v) is 3.08. The summed E-state index contributed by atoms with van der Waals surface area (Å²) in [6.45, 7) is 1.61. The van der Waals surface area contributed by atoms with E-state index in [9.17, 15) is 22.4 Å². The number of carbonyl (C=O) groups is 1. The van der Waals surface area contributed by atoms with Crippen molar-refractivity contribution in [1.29, 1.82) is 0 Å². The van der Waals surface area contributed by atoms with Gasteiger partial charge in [0, 0.05) is 6.20 Å². The van der Waals surface area contributed by atoms with E-state index in [4.69, 9.17) is 0 Å². The lowest BCUT2D eigenvalue weighted by Gasteiger charge is -2.09. The first-order valence-corrected chi connectivity index (χ1v) is 4.73. The zero-order valence-electron chi connectivity index (χ0n) is 8.84. The van der Waals surface area contributed by atoms with Crippen LogP contribution in [0.3, 0.4) is 0 Å². The molecule has 0 aromatic carbocycles. The van der Waals surface area contributed by atoms with Crippen molar-refractivity contribution in [2.24, 2.45) is 0 Å². The van der Waals surface area contributed by atoms with Crippen LogP contribution in [0.1, 0.15) is 24.5 Å². The molecule has 94 valence electrons. The number of hydrogen-bond donors (Lipinski definition) is 0. The Labute approximate surface area is 94.4 Å². The smallest absolute Gasteiger partial charge is 0.310 e. The molecule has 0 amide bonds. The highest BCUT2D eigenvalue weighted by Crippen LogP contribution is 2.27. The fourth-order valence-corrected chi connectivity index (χ4v) is 1.26. The molecule has 3 nitrogen and oxygen atoms in total. The molecule has 17 heavy (non-hydrogen) atoms. The van der Waals surface area contributed by atoms with Gasteiger partial charge in [-0.15, -0.1) is 0 Å². The van der Waals surface area contributed by atoms with E-state index in [1.54, 1.807) is 0 Å². The van der Waals surface area contributed by atoms with Gasteiger partial charge in [0.05, 0.1) is 18.6 Å². The molecule has 1 rings (SSSR count). The third-order valence-corrected chi connectivity index (χ3v) is 1.96. The molecule has 1 aromatic heterocycles. The Bertz CT molecular complexity index is 423. The molecule has 0 radical (unpaired) electrons. The fourth-order valence-electron chi connectivity index (χ4n) is 1.26. The van der Waals surface area contributed by atoms with Crippen molar-refractivity contribution in [3.8, 4) is 0 Å². The van der Waals surface area contributed by atoms with Crippen LogP contribution in [0.25, 0.3) is 0 Å². The van der Waals surface area contributed by atoms with E-state index in [-0.39, 0.29) is 12.2 Å². The van der Waals surface area contributed by atoms with E-state index in [1.165, 1.54) is 6.92 Å². The summed E-state index contributed by atoms with van der Waals surface area (Å²) in [4.78, 5) is 14.0. The largest absolute Gasteiger partial charge is 0.466 e. The quantitative estimate of drug-likeness (QED) is 0.468. The molecule has 0 bridgehead atoms. The molecule has 0 atom stereocenters. The van der Waals surface area contributed by atoms with Crippen LogP contribution in [-0.2, 0) is 16.0 Å². The van der Waals surface area contributed by atoms with Crippen molar-refractivity contribution in [3.05, 3.63) is 29.1 Å². The number of rotatable bonds is 4. The van der Waals surface area contributed by atoms with Crippen molar-refractivity contribution in [2.75, 3.05) is 6.61 Å². The Balaban J connectivity index is 3.07. The van der Waals surface area contributed by atoms with Gasteiger partial charge in [0.25, 0.3) is 6.43 Å². The molecular formula is C10H9F4NO2. The van der Waals surface area contributed by atoms with Gasteiger partial charge in [0.1, 0.15) is 0 Å². The molecule has 7 heteroatoms. The van der Waals surface area contributed by atoms with Crippen molar-refractivity contribution in [2.45, 2.75) is 19.8 Å². The number of halogens is 4. The molecule has 0 aliphatic heterocycles. The summed E-state index contributed by atoms with van der Waals surface area (Å²) >= 11 is 0. The summed E-state index contributed by atoms with van der Waals surface area (Å²) in [5, 5.41) is 0. The second-order valence-electron chi connectivity index (χ2n) is 3.08. The van der Waals surface area contributed by atoms with Crippen molar-refractivity contribution in [1.82, 2.24) is 4.98 Å². The van der Waals surface area contributed by atoms with Crippen molar-refractivity contribution < 1.29 is 27.1 Å². The van der Waals surface area contributed by atoms with Crippen LogP contribution in [0.15, 0.2) is 6.20 Å². The molecule has 1 heterocycles. The first kappa shape index (κ1) is 13.4. The predicted molar refractivity (Wildman–Crippen MR) is 49.4 cm³/mol. The van der Waals surface area contributed by atoms with Gasteiger partial charge in [-0.3, -0.25) is 4.79 Å². The highest BCUT2D eigenvalue weighted by molar-refractivity contribution is 5.73. The lowest BCUT2D eigenvalue weighted by atomic mass is 10.1. The third-order valence-electron chi connectivity index (χ3n) is 1.96. The topological polar surface area (TPSA) is 39.2 Å². The van der Waals surface area contributed by atoms with Crippen molar-refractivity contribution in [3.63, 3.8) is 0 Å². The van der Waals surface area contributed by atoms with Gasteiger partial charge in [0.2, 0.25) is 5.95 Å². The SMILES string of the molecule is CCOC(=O)Cc1cnc(F)c(F)c1C(F)F. The number of hydrogen-bond acceptors (Lipinski definition) is 3. The molecule has 0 spiro atoms. The summed E-state index contributed by atoms with van der Waals surface area (Å²) in [5.74, 6) is -4.16. The second kappa shape index (κ2) is 5.60. The first-order chi connectivity index (χ1) is 7.97. The van der Waals surface area contributed by atoms with Crippen molar-refractivity contribution >= 4 is 5.97 Å². The van der Waals surface area contributed by atoms with Crippen LogP contribution in [0.5, 0.6) is 0 Å². The minimum absolute atomic E-state index is 0.0694. The van der Waals surface area contributed by atoms with E-state index in [0.29, 0.717) is 6.20 Å². The normalized spacial score (nSPS) is 10.7. The predicted octanol–water partition coefficient (Wildman–Crippen LogP) is 2.40. The number of nitrogens with zero attached hydrogens (tertiary/aromatic N) is 1. The van der Waals surface area contributed by atoms with Crippen LogP contribution in [0.4, 0.5) is 17.6 Å². The third kappa shape index (κ3) is 3.15. The highest BCUT2D eigenvalue weighted by Gasteiger charge is 2.24. The molecule has 0 aliphatic rings. The van der Waals surface area contributed by atoms with E-state index in [0.717, 1.165) is 0 Å². The van der Waals surface area contributed by atoms with Gasteiger partial charge < -0.3 is 4.74 Å². The standard InChI is InChI=1S/C10H9F4NO2/c1-2-17-6(16)3-5-4-15-10(14)8(11)7(5)9(12)13/h4,9H,2-3H2,1H3. The number of alkyl halides is 2. The maximum Gasteiger partial charge on any atom is 0.310 e. The van der Waals surface area contributed by atoms with Gasteiger partial charge in [0.15, 0.2) is 5.82 Å². The summed E-state index contributed by atoms with van der Waals surface area (Å²) in [7, 11) is 0. The van der Waals surface area contributed by atoms with Gasteiger partial charge in [-0.05, 0) is 12.5 Å². The van der Waals surface area contributed by atoms with E-state index in [1.807, 2.05) is 0 Å². The number of esters is 1. The number of aromatic nitrogens is 1. The summed E-state index contributed by atoms with van der Waals surface area (Å²) < 4.78 is 55.3. The molecule has 0 fully saturated rings. The maximum absolute atomic E-state index is 13.1.